The topological polar surface area (TPSA) is 18.5 Å². The molecule has 0 spiro atoms. The van der Waals surface area contributed by atoms with Crippen molar-refractivity contribution in [2.45, 2.75) is 33.5 Å². The van der Waals surface area contributed by atoms with Gasteiger partial charge in [-0.1, -0.05) is 78.2 Å². The molecule has 6 aromatic rings. The minimum Gasteiger partial charge on any atom is -0.504 e. The summed E-state index contributed by atoms with van der Waals surface area (Å²) in [6, 6.07) is 36.1. The largest absolute Gasteiger partial charge is 0.504 e. The van der Waals surface area contributed by atoms with E-state index in [1.165, 1.54) is 40.9 Å². The zero-order valence-electron chi connectivity index (χ0n) is 23.1. The normalized spacial score (nSPS) is 11.2. The molecule has 6 rings (SSSR count). The minimum absolute atomic E-state index is 0.330. The van der Waals surface area contributed by atoms with Gasteiger partial charge in [0.2, 0.25) is 0 Å². The van der Waals surface area contributed by atoms with Crippen LogP contribution in [0.25, 0.3) is 43.1 Å². The van der Waals surface area contributed by atoms with Crippen LogP contribution in [0, 0.1) is 0 Å². The van der Waals surface area contributed by atoms with Gasteiger partial charge in [-0.25, -0.2) is 0 Å². The van der Waals surface area contributed by atoms with E-state index >= 15 is 0 Å². The van der Waals surface area contributed by atoms with Crippen molar-refractivity contribution in [3.63, 3.8) is 0 Å². The standard InChI is InChI=1S/C17H19O2Si.C13H9.C3H6.2ClH.Zr/c1-20(2,3)19-12-18-17-10-6-9-15-14-8-5-4-7-13(14)11-16(15)17;1-3-7-12-10(5-1)9-11-6-2-4-8-13(11)12;1-3-2;;;/h4-11H,12H2,1-3H3;1-9H;1-2H3;2*1H;/q2*-1;;;;+2/p-2. The Kier molecular flexibility index (Phi) is 10.4. The van der Waals surface area contributed by atoms with Gasteiger partial charge in [0.25, 0.3) is 0 Å². The Morgan fingerprint density at radius 2 is 1.10 bits per heavy atom. The summed E-state index contributed by atoms with van der Waals surface area (Å²) in [5, 5.41) is 10.3. The molecule has 0 unspecified atom stereocenters. The first kappa shape index (κ1) is 29.9. The van der Waals surface area contributed by atoms with Gasteiger partial charge in [0, 0.05) is 0 Å². The van der Waals surface area contributed by atoms with E-state index in [4.69, 9.17) is 26.2 Å². The van der Waals surface area contributed by atoms with E-state index in [-0.39, 0.29) is 0 Å². The first-order valence-electron chi connectivity index (χ1n) is 13.0. The molecule has 0 saturated heterocycles. The fraction of sp³-hybridized carbons (Fsp3) is 0.182. The van der Waals surface area contributed by atoms with Crippen molar-refractivity contribution in [3.05, 3.63) is 103 Å². The molecule has 0 amide bonds. The molecule has 0 aromatic heterocycles. The Labute approximate surface area is 247 Å². The molecule has 0 radical (unpaired) electrons. The molecule has 0 bridgehead atoms. The first-order chi connectivity index (χ1) is 18.6. The number of ether oxygens (including phenoxy) is 1. The molecular weight excluding hydrogens is 619 g/mol. The van der Waals surface area contributed by atoms with E-state index in [0.717, 1.165) is 11.1 Å². The van der Waals surface area contributed by atoms with Gasteiger partial charge in [-0.3, -0.25) is 0 Å². The Hall–Kier alpha value is -2.07. The van der Waals surface area contributed by atoms with Crippen LogP contribution in [-0.4, -0.2) is 18.3 Å². The van der Waals surface area contributed by atoms with Crippen LogP contribution in [0.4, 0.5) is 0 Å². The Bertz CT molecular complexity index is 1660. The summed E-state index contributed by atoms with van der Waals surface area (Å²) in [7, 11) is 9.54. The van der Waals surface area contributed by atoms with Gasteiger partial charge < -0.3 is 9.16 Å². The Morgan fingerprint density at radius 1 is 0.667 bits per heavy atom. The number of rotatable bonds is 4. The zero-order valence-corrected chi connectivity index (χ0v) is 28.1. The Balaban J connectivity index is 0.000000158. The van der Waals surface area contributed by atoms with Crippen molar-refractivity contribution in [1.82, 2.24) is 0 Å². The van der Waals surface area contributed by atoms with Crippen LogP contribution in [0.15, 0.2) is 103 Å². The molecule has 0 aliphatic carbocycles. The summed E-state index contributed by atoms with van der Waals surface area (Å²) >= 11 is -1.84. The van der Waals surface area contributed by atoms with Crippen molar-refractivity contribution in [3.8, 4) is 5.75 Å². The number of hydrogen-bond acceptors (Lipinski definition) is 2. The molecule has 0 N–H and O–H groups in total. The molecule has 0 heterocycles. The van der Waals surface area contributed by atoms with Gasteiger partial charge in [-0.05, 0) is 19.6 Å². The van der Waals surface area contributed by atoms with Crippen molar-refractivity contribution in [1.29, 1.82) is 0 Å². The molecule has 6 heteroatoms. The van der Waals surface area contributed by atoms with E-state index in [1.54, 1.807) is 0 Å². The molecule has 39 heavy (non-hydrogen) atoms. The van der Waals surface area contributed by atoms with Crippen LogP contribution in [0.1, 0.15) is 13.8 Å². The van der Waals surface area contributed by atoms with Crippen LogP contribution in [0.3, 0.4) is 0 Å². The summed E-state index contributed by atoms with van der Waals surface area (Å²) in [5.41, 5.74) is 0. The predicted octanol–water partition coefficient (Wildman–Crippen LogP) is 10.7. The van der Waals surface area contributed by atoms with Gasteiger partial charge in [0.05, 0.1) is 5.75 Å². The van der Waals surface area contributed by atoms with Gasteiger partial charge >= 0.3 is 53.0 Å². The van der Waals surface area contributed by atoms with Gasteiger partial charge in [-0.2, -0.15) is 0 Å². The molecule has 0 aliphatic heterocycles. The van der Waals surface area contributed by atoms with E-state index in [2.05, 4.69) is 111 Å². The van der Waals surface area contributed by atoms with Crippen molar-refractivity contribution in [2.24, 2.45) is 0 Å². The third-order valence-corrected chi connectivity index (χ3v) is 13.5. The molecule has 0 aliphatic rings. The fourth-order valence-electron chi connectivity index (χ4n) is 4.25. The third-order valence-electron chi connectivity index (χ3n) is 6.22. The maximum atomic E-state index is 5.84. The third kappa shape index (κ3) is 7.99. The van der Waals surface area contributed by atoms with Crippen LogP contribution < -0.4 is 4.74 Å². The van der Waals surface area contributed by atoms with Crippen LogP contribution in [-0.2, 0) is 23.3 Å². The molecular formula is C33H34Cl2O2SiZr-2. The minimum atomic E-state index is -1.84. The zero-order chi connectivity index (χ0) is 28.0. The quantitative estimate of drug-likeness (QED) is 0.107. The van der Waals surface area contributed by atoms with Gasteiger partial charge in [-0.15, -0.1) is 68.0 Å². The van der Waals surface area contributed by atoms with E-state index in [1.807, 2.05) is 26.0 Å². The van der Waals surface area contributed by atoms with Crippen molar-refractivity contribution < 1.29 is 28.0 Å². The van der Waals surface area contributed by atoms with Crippen molar-refractivity contribution >= 4 is 71.6 Å². The molecule has 0 saturated carbocycles. The first-order valence-corrected chi connectivity index (χ1v) is 24.0. The maximum Gasteiger partial charge on any atom is 0.188 e. The SMILES string of the molecule is C[C](C)=[Zr]([Cl])[Cl].C[Si](C)(C)OCOc1cccc2c1[cH-]c1ccccc12.c1ccc2c(c1)[cH-]c1ccccc12. The average molecular weight is 653 g/mol. The summed E-state index contributed by atoms with van der Waals surface area (Å²) in [4.78, 5) is 0. The second-order valence-electron chi connectivity index (χ2n) is 10.5. The predicted molar refractivity (Wildman–Crippen MR) is 172 cm³/mol. The fourth-order valence-corrected chi connectivity index (χ4v) is 4.66. The summed E-state index contributed by atoms with van der Waals surface area (Å²) in [6.45, 7) is 10.8. The van der Waals surface area contributed by atoms with E-state index < -0.39 is 27.2 Å². The maximum absolute atomic E-state index is 5.84. The van der Waals surface area contributed by atoms with Crippen LogP contribution >= 0.6 is 17.0 Å². The molecule has 0 fully saturated rings. The number of hydrogen-bond donors (Lipinski definition) is 0. The summed E-state index contributed by atoms with van der Waals surface area (Å²) < 4.78 is 12.8. The van der Waals surface area contributed by atoms with Gasteiger partial charge in [0.15, 0.2) is 15.1 Å². The number of benzene rings is 4. The molecule has 0 atom stereocenters. The molecule has 6 aromatic carbocycles. The summed E-state index contributed by atoms with van der Waals surface area (Å²) in [6.07, 6.45) is 0. The molecule has 202 valence electrons. The molecule has 2 nitrogen and oxygen atoms in total. The average Bonchev–Trinajstić information content (AvgIpc) is 3.48. The Morgan fingerprint density at radius 3 is 1.59 bits per heavy atom. The van der Waals surface area contributed by atoms with Crippen molar-refractivity contribution in [2.75, 3.05) is 6.79 Å². The van der Waals surface area contributed by atoms with Crippen LogP contribution in [0.2, 0.25) is 19.6 Å². The second kappa shape index (κ2) is 13.5. The van der Waals surface area contributed by atoms with Gasteiger partial charge in [0.1, 0.15) is 0 Å². The van der Waals surface area contributed by atoms with E-state index in [0.29, 0.717) is 6.79 Å². The smallest absolute Gasteiger partial charge is 0.188 e. The monoisotopic (exact) mass is 650 g/mol. The second-order valence-corrected chi connectivity index (χ2v) is 24.4. The summed E-state index contributed by atoms with van der Waals surface area (Å²) in [5.74, 6) is 0.900. The number of fused-ring (bicyclic) bond motifs is 6. The number of halogens is 2. The van der Waals surface area contributed by atoms with E-state index in [9.17, 15) is 0 Å². The van der Waals surface area contributed by atoms with Crippen LogP contribution in [0.5, 0.6) is 5.75 Å².